The molecule has 2 aromatic carbocycles. The van der Waals surface area contributed by atoms with Crippen molar-refractivity contribution in [3.8, 4) is 0 Å². The Morgan fingerprint density at radius 2 is 1.63 bits per heavy atom. The van der Waals surface area contributed by atoms with Crippen molar-refractivity contribution >= 4 is 28.9 Å². The van der Waals surface area contributed by atoms with Crippen molar-refractivity contribution in [2.75, 3.05) is 10.6 Å². The molecule has 136 valence electrons. The largest absolute Gasteiger partial charge is 0.324 e. The van der Waals surface area contributed by atoms with Crippen LogP contribution in [0.1, 0.15) is 21.7 Å². The van der Waals surface area contributed by atoms with Crippen molar-refractivity contribution in [3.63, 3.8) is 0 Å². The van der Waals surface area contributed by atoms with Gasteiger partial charge in [-0.05, 0) is 44.2 Å². The van der Waals surface area contributed by atoms with Gasteiger partial charge in [0.2, 0.25) is 5.95 Å². The molecule has 0 saturated heterocycles. The van der Waals surface area contributed by atoms with Gasteiger partial charge >= 0.3 is 0 Å². The van der Waals surface area contributed by atoms with E-state index in [1.807, 2.05) is 19.9 Å². The van der Waals surface area contributed by atoms with Crippen LogP contribution < -0.4 is 10.6 Å². The molecule has 8 heteroatoms. The molecular weight excluding hydrogens is 346 g/mol. The second-order valence-corrected chi connectivity index (χ2v) is 5.94. The number of benzene rings is 2. The van der Waals surface area contributed by atoms with Crippen LogP contribution in [0.3, 0.4) is 0 Å². The molecule has 8 nitrogen and oxygen atoms in total. The van der Waals surface area contributed by atoms with Crippen LogP contribution >= 0.6 is 0 Å². The van der Waals surface area contributed by atoms with Crippen molar-refractivity contribution in [2.45, 2.75) is 13.8 Å². The summed E-state index contributed by atoms with van der Waals surface area (Å²) in [4.78, 5) is 31.4. The topological polar surface area (TPSA) is 110 Å². The number of non-ortho nitro benzene ring substituents is 1. The first-order valence-electron chi connectivity index (χ1n) is 8.16. The predicted molar refractivity (Wildman–Crippen MR) is 102 cm³/mol. The smallest absolute Gasteiger partial charge is 0.271 e. The number of nitro benzene ring substituents is 1. The molecule has 0 saturated carbocycles. The van der Waals surface area contributed by atoms with Crippen LogP contribution in [0.4, 0.5) is 23.0 Å². The normalized spacial score (nSPS) is 10.3. The Kier molecular flexibility index (Phi) is 5.07. The van der Waals surface area contributed by atoms with E-state index in [9.17, 15) is 14.9 Å². The number of amides is 1. The molecule has 0 spiro atoms. The van der Waals surface area contributed by atoms with Gasteiger partial charge in [-0.1, -0.05) is 12.1 Å². The fraction of sp³-hybridized carbons (Fsp3) is 0.105. The lowest BCUT2D eigenvalue weighted by Gasteiger charge is -2.09. The fourth-order valence-corrected chi connectivity index (χ4v) is 2.55. The van der Waals surface area contributed by atoms with Crippen LogP contribution in [-0.2, 0) is 0 Å². The molecule has 1 heterocycles. The van der Waals surface area contributed by atoms with E-state index in [1.165, 1.54) is 18.2 Å². The molecule has 1 aromatic heterocycles. The van der Waals surface area contributed by atoms with Gasteiger partial charge in [0.1, 0.15) is 0 Å². The number of hydrogen-bond acceptors (Lipinski definition) is 6. The van der Waals surface area contributed by atoms with Crippen LogP contribution in [0.15, 0.2) is 54.6 Å². The lowest BCUT2D eigenvalue weighted by atomic mass is 10.2. The maximum atomic E-state index is 12.5. The zero-order valence-corrected chi connectivity index (χ0v) is 14.8. The Morgan fingerprint density at radius 1 is 0.963 bits per heavy atom. The number of hydrogen-bond donors (Lipinski definition) is 2. The number of aromatic nitrogens is 2. The molecular formula is C19H17N5O3. The molecule has 0 atom stereocenters. The van der Waals surface area contributed by atoms with E-state index in [1.54, 1.807) is 30.3 Å². The minimum Gasteiger partial charge on any atom is -0.324 e. The van der Waals surface area contributed by atoms with E-state index in [0.29, 0.717) is 22.9 Å². The molecule has 0 bridgehead atoms. The monoisotopic (exact) mass is 363 g/mol. The third-order valence-corrected chi connectivity index (χ3v) is 3.68. The third-order valence-electron chi connectivity index (χ3n) is 3.68. The van der Waals surface area contributed by atoms with Crippen molar-refractivity contribution < 1.29 is 9.72 Å². The van der Waals surface area contributed by atoms with Gasteiger partial charge in [-0.15, -0.1) is 0 Å². The maximum Gasteiger partial charge on any atom is 0.271 e. The summed E-state index contributed by atoms with van der Waals surface area (Å²) in [7, 11) is 0. The first-order valence-corrected chi connectivity index (χ1v) is 8.16. The highest BCUT2D eigenvalue weighted by molar-refractivity contribution is 6.05. The van der Waals surface area contributed by atoms with Crippen molar-refractivity contribution in [2.24, 2.45) is 0 Å². The second-order valence-electron chi connectivity index (χ2n) is 5.94. The Morgan fingerprint density at radius 3 is 2.33 bits per heavy atom. The van der Waals surface area contributed by atoms with Gasteiger partial charge in [0.05, 0.1) is 4.92 Å². The Balaban J connectivity index is 1.77. The van der Waals surface area contributed by atoms with Gasteiger partial charge in [0.25, 0.3) is 11.6 Å². The van der Waals surface area contributed by atoms with E-state index in [2.05, 4.69) is 20.6 Å². The van der Waals surface area contributed by atoms with Gasteiger partial charge in [-0.25, -0.2) is 9.97 Å². The molecule has 2 N–H and O–H groups in total. The average Bonchev–Trinajstić information content (AvgIpc) is 2.61. The Bertz CT molecular complexity index is 999. The minimum absolute atomic E-state index is 0.0878. The summed E-state index contributed by atoms with van der Waals surface area (Å²) in [5.74, 6) is 0.0734. The molecule has 0 fully saturated rings. The SMILES string of the molecule is Cc1cc(C)nc(Nc2cccc(C(=O)Nc3cccc([N+](=O)[O-])c3)c2)n1. The Hall–Kier alpha value is -3.81. The quantitative estimate of drug-likeness (QED) is 0.524. The van der Waals surface area contributed by atoms with E-state index < -0.39 is 4.92 Å². The van der Waals surface area contributed by atoms with E-state index >= 15 is 0 Å². The van der Waals surface area contributed by atoms with E-state index in [-0.39, 0.29) is 11.6 Å². The third kappa shape index (κ3) is 4.63. The molecule has 0 radical (unpaired) electrons. The number of carbonyl (C=O) groups excluding carboxylic acids is 1. The number of anilines is 3. The minimum atomic E-state index is -0.510. The van der Waals surface area contributed by atoms with Gasteiger partial charge in [0.15, 0.2) is 0 Å². The maximum absolute atomic E-state index is 12.5. The summed E-state index contributed by atoms with van der Waals surface area (Å²) in [5.41, 5.74) is 3.00. The van der Waals surface area contributed by atoms with Gasteiger partial charge in [0, 0.05) is 40.5 Å². The van der Waals surface area contributed by atoms with Crippen molar-refractivity contribution in [3.05, 3.63) is 81.7 Å². The molecule has 3 aromatic rings. The molecule has 3 rings (SSSR count). The summed E-state index contributed by atoms with van der Waals surface area (Å²) in [6, 6.07) is 14.5. The highest BCUT2D eigenvalue weighted by atomic mass is 16.6. The van der Waals surface area contributed by atoms with Crippen molar-refractivity contribution in [1.29, 1.82) is 0 Å². The van der Waals surface area contributed by atoms with Crippen LogP contribution in [0.25, 0.3) is 0 Å². The molecule has 0 aliphatic carbocycles. The molecule has 0 unspecified atom stereocenters. The molecule has 1 amide bonds. The summed E-state index contributed by atoms with van der Waals surface area (Å²) in [5, 5.41) is 16.6. The lowest BCUT2D eigenvalue weighted by Crippen LogP contribution is -2.12. The first kappa shape index (κ1) is 18.0. The second kappa shape index (κ2) is 7.61. The van der Waals surface area contributed by atoms with Crippen molar-refractivity contribution in [1.82, 2.24) is 9.97 Å². The molecule has 27 heavy (non-hydrogen) atoms. The van der Waals surface area contributed by atoms with Crippen LogP contribution in [0.5, 0.6) is 0 Å². The fourth-order valence-electron chi connectivity index (χ4n) is 2.55. The zero-order chi connectivity index (χ0) is 19.4. The summed E-state index contributed by atoms with van der Waals surface area (Å²) < 4.78 is 0. The average molecular weight is 363 g/mol. The first-order chi connectivity index (χ1) is 12.9. The number of nitro groups is 1. The number of nitrogens with zero attached hydrogens (tertiary/aromatic N) is 3. The van der Waals surface area contributed by atoms with Crippen LogP contribution in [0.2, 0.25) is 0 Å². The van der Waals surface area contributed by atoms with Gasteiger partial charge in [-0.3, -0.25) is 14.9 Å². The Labute approximate surface area is 155 Å². The number of nitrogens with one attached hydrogen (secondary N) is 2. The van der Waals surface area contributed by atoms with Crippen LogP contribution in [0, 0.1) is 24.0 Å². The standard InChI is InChI=1S/C19H17N5O3/c1-12-9-13(2)21-19(20-12)23-15-6-3-5-14(10-15)18(25)22-16-7-4-8-17(11-16)24(26)27/h3-11H,1-2H3,(H,22,25)(H,20,21,23). The molecule has 0 aliphatic heterocycles. The summed E-state index contributed by atoms with van der Waals surface area (Å²) >= 11 is 0. The summed E-state index contributed by atoms with van der Waals surface area (Å²) in [6.07, 6.45) is 0. The zero-order valence-electron chi connectivity index (χ0n) is 14.8. The predicted octanol–water partition coefficient (Wildman–Crippen LogP) is 4.00. The molecule has 0 aliphatic rings. The van der Waals surface area contributed by atoms with E-state index in [4.69, 9.17) is 0 Å². The summed E-state index contributed by atoms with van der Waals surface area (Å²) in [6.45, 7) is 3.76. The number of carbonyl (C=O) groups is 1. The highest BCUT2D eigenvalue weighted by Gasteiger charge is 2.11. The van der Waals surface area contributed by atoms with Gasteiger partial charge < -0.3 is 10.6 Å². The number of aryl methyl sites for hydroxylation is 2. The highest BCUT2D eigenvalue weighted by Crippen LogP contribution is 2.20. The number of rotatable bonds is 5. The van der Waals surface area contributed by atoms with Gasteiger partial charge in [-0.2, -0.15) is 0 Å². The van der Waals surface area contributed by atoms with E-state index in [0.717, 1.165) is 11.4 Å². The lowest BCUT2D eigenvalue weighted by molar-refractivity contribution is -0.384. The van der Waals surface area contributed by atoms with Crippen LogP contribution in [-0.4, -0.2) is 20.8 Å².